The number of rotatable bonds is 7. The number of alkyl halides is 3. The summed E-state index contributed by atoms with van der Waals surface area (Å²) in [4.78, 5) is 12.4. The van der Waals surface area contributed by atoms with Crippen LogP contribution in [0.2, 0.25) is 0 Å². The van der Waals surface area contributed by atoms with E-state index in [0.717, 1.165) is 6.07 Å². The number of benzene rings is 2. The van der Waals surface area contributed by atoms with Gasteiger partial charge in [-0.05, 0) is 50.7 Å². The third kappa shape index (κ3) is 5.70. The van der Waals surface area contributed by atoms with Crippen LogP contribution in [0.5, 0.6) is 5.75 Å². The number of carbonyl (C=O) groups excluding carboxylic acids is 1. The summed E-state index contributed by atoms with van der Waals surface area (Å²) >= 11 is 0. The number of hydrogen-bond acceptors (Lipinski definition) is 4. The summed E-state index contributed by atoms with van der Waals surface area (Å²) in [6, 6.07) is 8.28. The van der Waals surface area contributed by atoms with Gasteiger partial charge < -0.3 is 10.1 Å². The highest BCUT2D eigenvalue weighted by Crippen LogP contribution is 2.35. The molecule has 2 rings (SSSR count). The summed E-state index contributed by atoms with van der Waals surface area (Å²) in [5.41, 5.74) is -0.212. The van der Waals surface area contributed by atoms with Crippen LogP contribution in [0, 0.1) is 6.92 Å². The van der Waals surface area contributed by atoms with Crippen LogP contribution in [-0.4, -0.2) is 34.0 Å². The van der Waals surface area contributed by atoms with Crippen molar-refractivity contribution in [1.82, 2.24) is 10.0 Å². The van der Waals surface area contributed by atoms with Crippen molar-refractivity contribution in [3.8, 4) is 5.75 Å². The van der Waals surface area contributed by atoms with E-state index in [1.165, 1.54) is 43.4 Å². The van der Waals surface area contributed by atoms with Gasteiger partial charge in [-0.25, -0.2) is 13.1 Å². The van der Waals surface area contributed by atoms with Crippen LogP contribution in [0.15, 0.2) is 47.4 Å². The fraction of sp³-hybridized carbons (Fsp3) is 0.316. The maximum absolute atomic E-state index is 13.0. The molecular formula is C19H21F3N2O4S. The molecule has 1 amide bonds. The second-order valence-corrected chi connectivity index (χ2v) is 8.25. The molecule has 0 aliphatic heterocycles. The quantitative estimate of drug-likeness (QED) is 0.707. The molecule has 1 atom stereocenters. The Bertz CT molecular complexity index is 991. The lowest BCUT2D eigenvalue weighted by Gasteiger charge is -2.18. The van der Waals surface area contributed by atoms with Gasteiger partial charge in [0.1, 0.15) is 12.4 Å². The third-order valence-electron chi connectivity index (χ3n) is 4.09. The molecule has 0 heterocycles. The van der Waals surface area contributed by atoms with Gasteiger partial charge in [-0.3, -0.25) is 4.79 Å². The molecule has 0 saturated carbocycles. The fourth-order valence-corrected chi connectivity index (χ4v) is 3.27. The van der Waals surface area contributed by atoms with Crippen LogP contribution in [0.3, 0.4) is 0 Å². The van der Waals surface area contributed by atoms with E-state index in [1.807, 2.05) is 0 Å². The normalized spacial score (nSPS) is 13.0. The molecule has 29 heavy (non-hydrogen) atoms. The molecule has 0 aliphatic rings. The SMILES string of the molecule is CNS(=O)(=O)c1ccc(C)c(C(=O)NC(C)COc2ccccc2C(F)(F)F)c1. The summed E-state index contributed by atoms with van der Waals surface area (Å²) in [5.74, 6) is -0.893. The second-order valence-electron chi connectivity index (χ2n) is 6.36. The average molecular weight is 430 g/mol. The number of carbonyl (C=O) groups is 1. The minimum atomic E-state index is -4.56. The van der Waals surface area contributed by atoms with Gasteiger partial charge in [-0.2, -0.15) is 13.2 Å². The van der Waals surface area contributed by atoms with Crippen LogP contribution in [-0.2, 0) is 16.2 Å². The first-order valence-corrected chi connectivity index (χ1v) is 10.1. The molecule has 2 N–H and O–H groups in total. The first-order valence-electron chi connectivity index (χ1n) is 8.60. The number of hydrogen-bond donors (Lipinski definition) is 2. The summed E-state index contributed by atoms with van der Waals surface area (Å²) in [6.45, 7) is 3.01. The monoisotopic (exact) mass is 430 g/mol. The van der Waals surface area contributed by atoms with Crippen molar-refractivity contribution in [1.29, 1.82) is 0 Å². The standard InChI is InChI=1S/C19H21F3N2O4S/c1-12-8-9-14(29(26,27)23-3)10-15(12)18(25)24-13(2)11-28-17-7-5-4-6-16(17)19(20,21)22/h4-10,13,23H,11H2,1-3H3,(H,24,25). The van der Waals surface area contributed by atoms with Crippen molar-refractivity contribution in [2.75, 3.05) is 13.7 Å². The molecule has 0 bridgehead atoms. The highest BCUT2D eigenvalue weighted by atomic mass is 32.2. The van der Waals surface area contributed by atoms with Gasteiger partial charge >= 0.3 is 6.18 Å². The summed E-state index contributed by atoms with van der Waals surface area (Å²) in [5, 5.41) is 2.60. The smallest absolute Gasteiger partial charge is 0.419 e. The second kappa shape index (κ2) is 8.83. The van der Waals surface area contributed by atoms with Gasteiger partial charge in [-0.1, -0.05) is 18.2 Å². The Balaban J connectivity index is 2.10. The lowest BCUT2D eigenvalue weighted by molar-refractivity contribution is -0.139. The van der Waals surface area contributed by atoms with Gasteiger partial charge in [0.25, 0.3) is 5.91 Å². The number of ether oxygens (including phenoxy) is 1. The number of halogens is 3. The summed E-state index contributed by atoms with van der Waals surface area (Å²) < 4.78 is 70.3. The first-order chi connectivity index (χ1) is 13.5. The molecule has 2 aromatic carbocycles. The molecule has 1 unspecified atom stereocenters. The highest BCUT2D eigenvalue weighted by molar-refractivity contribution is 7.89. The van der Waals surface area contributed by atoms with E-state index in [0.29, 0.717) is 5.56 Å². The number of sulfonamides is 1. The Morgan fingerprint density at radius 1 is 1.17 bits per heavy atom. The fourth-order valence-electron chi connectivity index (χ4n) is 2.52. The van der Waals surface area contributed by atoms with Crippen molar-refractivity contribution < 1.29 is 31.1 Å². The predicted molar refractivity (Wildman–Crippen MR) is 101 cm³/mol. The topological polar surface area (TPSA) is 84.5 Å². The highest BCUT2D eigenvalue weighted by Gasteiger charge is 2.34. The molecule has 0 radical (unpaired) electrons. The molecule has 10 heteroatoms. The molecule has 0 saturated heterocycles. The van der Waals surface area contributed by atoms with Crippen molar-refractivity contribution in [3.63, 3.8) is 0 Å². The lowest BCUT2D eigenvalue weighted by Crippen LogP contribution is -2.37. The van der Waals surface area contributed by atoms with Crippen LogP contribution in [0.25, 0.3) is 0 Å². The molecule has 0 spiro atoms. The van der Waals surface area contributed by atoms with Gasteiger partial charge in [0.05, 0.1) is 16.5 Å². The number of nitrogens with one attached hydrogen (secondary N) is 2. The zero-order chi connectivity index (χ0) is 21.8. The lowest BCUT2D eigenvalue weighted by atomic mass is 10.1. The number of para-hydroxylation sites is 1. The van der Waals surface area contributed by atoms with Crippen molar-refractivity contribution in [2.45, 2.75) is 31.0 Å². The van der Waals surface area contributed by atoms with Crippen molar-refractivity contribution in [3.05, 3.63) is 59.2 Å². The molecule has 0 aromatic heterocycles. The molecule has 0 aliphatic carbocycles. The van der Waals surface area contributed by atoms with Gasteiger partial charge in [0.15, 0.2) is 0 Å². The maximum atomic E-state index is 13.0. The maximum Gasteiger partial charge on any atom is 0.419 e. The minimum absolute atomic E-state index is 0.0706. The van der Waals surface area contributed by atoms with E-state index in [-0.39, 0.29) is 22.8 Å². The summed E-state index contributed by atoms with van der Waals surface area (Å²) in [6.07, 6.45) is -4.56. The Morgan fingerprint density at radius 2 is 1.83 bits per heavy atom. The average Bonchev–Trinajstić information content (AvgIpc) is 2.66. The van der Waals surface area contributed by atoms with Crippen LogP contribution in [0.4, 0.5) is 13.2 Å². The van der Waals surface area contributed by atoms with E-state index >= 15 is 0 Å². The van der Waals surface area contributed by atoms with Crippen molar-refractivity contribution in [2.24, 2.45) is 0 Å². The Hall–Kier alpha value is -2.59. The van der Waals surface area contributed by atoms with Crippen molar-refractivity contribution >= 4 is 15.9 Å². The molecule has 158 valence electrons. The minimum Gasteiger partial charge on any atom is -0.491 e. The zero-order valence-electron chi connectivity index (χ0n) is 16.0. The molecule has 0 fully saturated rings. The van der Waals surface area contributed by atoms with Crippen LogP contribution < -0.4 is 14.8 Å². The van der Waals surface area contributed by atoms with Crippen LogP contribution >= 0.6 is 0 Å². The largest absolute Gasteiger partial charge is 0.491 e. The Kier molecular flexibility index (Phi) is 6.91. The molecule has 2 aromatic rings. The van der Waals surface area contributed by atoms with Gasteiger partial charge in [0.2, 0.25) is 10.0 Å². The Labute approximate surface area is 167 Å². The van der Waals surface area contributed by atoms with E-state index in [4.69, 9.17) is 4.74 Å². The number of aryl methyl sites for hydroxylation is 1. The number of amides is 1. The van der Waals surface area contributed by atoms with Gasteiger partial charge in [-0.15, -0.1) is 0 Å². The Morgan fingerprint density at radius 3 is 2.45 bits per heavy atom. The van der Waals surface area contributed by atoms with E-state index in [1.54, 1.807) is 13.8 Å². The van der Waals surface area contributed by atoms with Gasteiger partial charge in [0, 0.05) is 5.56 Å². The molecular weight excluding hydrogens is 409 g/mol. The van der Waals surface area contributed by atoms with E-state index < -0.39 is 33.7 Å². The van der Waals surface area contributed by atoms with E-state index in [2.05, 4.69) is 10.0 Å². The summed E-state index contributed by atoms with van der Waals surface area (Å²) in [7, 11) is -2.47. The third-order valence-corrected chi connectivity index (χ3v) is 5.50. The molecule has 6 nitrogen and oxygen atoms in total. The predicted octanol–water partition coefficient (Wildman–Crippen LogP) is 3.12. The van der Waals surface area contributed by atoms with E-state index in [9.17, 15) is 26.4 Å². The van der Waals surface area contributed by atoms with Crippen LogP contribution in [0.1, 0.15) is 28.4 Å². The first kappa shape index (κ1) is 22.7. The zero-order valence-corrected chi connectivity index (χ0v) is 16.8.